The summed E-state index contributed by atoms with van der Waals surface area (Å²) in [4.78, 5) is 4.81. The van der Waals surface area contributed by atoms with Crippen LogP contribution < -0.4 is 0 Å². The predicted octanol–water partition coefficient (Wildman–Crippen LogP) is 7.21. The lowest BCUT2D eigenvalue weighted by Crippen LogP contribution is -2.29. The Morgan fingerprint density at radius 2 is 1.73 bits per heavy atom. The van der Waals surface area contributed by atoms with E-state index in [9.17, 15) is 0 Å². The van der Waals surface area contributed by atoms with E-state index in [1.165, 1.54) is 55.3 Å². The average molecular weight is 421 g/mol. The van der Waals surface area contributed by atoms with Crippen molar-refractivity contribution >= 4 is 33.7 Å². The number of rotatable bonds is 1. The molecule has 3 aromatic rings. The van der Waals surface area contributed by atoms with Crippen LogP contribution in [0.2, 0.25) is 0 Å². The Hall–Kier alpha value is -4.17. The van der Waals surface area contributed by atoms with Gasteiger partial charge in [-0.15, -0.1) is 0 Å². The Labute approximate surface area is 191 Å². The van der Waals surface area contributed by atoms with Crippen LogP contribution in [0.1, 0.15) is 5.56 Å². The molecule has 5 aliphatic rings. The van der Waals surface area contributed by atoms with Crippen LogP contribution in [-0.4, -0.2) is 12.3 Å². The molecule has 0 spiro atoms. The zero-order valence-corrected chi connectivity index (χ0v) is 17.8. The van der Waals surface area contributed by atoms with Crippen molar-refractivity contribution in [2.75, 3.05) is 0 Å². The van der Waals surface area contributed by atoms with E-state index in [4.69, 9.17) is 9.41 Å². The highest BCUT2D eigenvalue weighted by Crippen LogP contribution is 2.51. The first-order valence-electron chi connectivity index (χ1n) is 11.4. The van der Waals surface area contributed by atoms with Crippen LogP contribution in [0.15, 0.2) is 140 Å². The van der Waals surface area contributed by atoms with E-state index >= 15 is 0 Å². The highest BCUT2D eigenvalue weighted by atomic mass is 16.3. The minimum Gasteiger partial charge on any atom is -0.456 e. The number of allylic oxidation sites excluding steroid dienone is 12. The zero-order valence-electron chi connectivity index (χ0n) is 17.8. The number of nitrogens with zero attached hydrogens (tertiary/aromatic N) is 1. The molecular formula is C31H19NO. The molecule has 33 heavy (non-hydrogen) atoms. The second kappa shape index (κ2) is 6.20. The van der Waals surface area contributed by atoms with Gasteiger partial charge in [-0.3, -0.25) is 4.99 Å². The van der Waals surface area contributed by atoms with Crippen molar-refractivity contribution in [2.24, 2.45) is 10.9 Å². The van der Waals surface area contributed by atoms with Gasteiger partial charge in [-0.2, -0.15) is 0 Å². The van der Waals surface area contributed by atoms with Gasteiger partial charge in [-0.25, -0.2) is 0 Å². The second-order valence-electron chi connectivity index (χ2n) is 9.14. The molecule has 2 nitrogen and oxygen atoms in total. The SMILES string of the molecule is C1=CC2=CC3=C4C(=CC=C5C=CC(c6ccc7c(c6)oc6ccccc67)=C(C=C3)C54)C2N=C1. The standard InChI is InChI=1S/C31H19NO/c1-2-6-27-23(5-1)24-12-9-19(17-28(24)33-27)22-11-7-18-8-14-26-30-20(10-13-25(22)29(18)30)16-21-4-3-15-32-31(21)26/h1-17,29,31H. The highest BCUT2D eigenvalue weighted by Gasteiger charge is 2.38. The van der Waals surface area contributed by atoms with Crippen molar-refractivity contribution in [3.8, 4) is 0 Å². The smallest absolute Gasteiger partial charge is 0.136 e. The van der Waals surface area contributed by atoms with E-state index in [2.05, 4.69) is 78.9 Å². The molecule has 0 N–H and O–H groups in total. The summed E-state index contributed by atoms with van der Waals surface area (Å²) in [5.41, 5.74) is 12.4. The van der Waals surface area contributed by atoms with Crippen LogP contribution in [0.4, 0.5) is 0 Å². The third-order valence-corrected chi connectivity index (χ3v) is 7.44. The fourth-order valence-electron chi connectivity index (χ4n) is 5.97. The molecule has 8 rings (SSSR count). The summed E-state index contributed by atoms with van der Waals surface area (Å²) in [6.45, 7) is 0. The minimum atomic E-state index is 0.112. The Kier molecular flexibility index (Phi) is 3.27. The number of hydrogen-bond donors (Lipinski definition) is 0. The molecule has 0 saturated heterocycles. The van der Waals surface area contributed by atoms with E-state index in [-0.39, 0.29) is 12.0 Å². The summed E-state index contributed by atoms with van der Waals surface area (Å²) in [5.74, 6) is 0.260. The molecule has 0 saturated carbocycles. The molecule has 0 radical (unpaired) electrons. The van der Waals surface area contributed by atoms with Crippen molar-refractivity contribution in [1.82, 2.24) is 0 Å². The summed E-state index contributed by atoms with van der Waals surface area (Å²) >= 11 is 0. The molecule has 0 amide bonds. The largest absolute Gasteiger partial charge is 0.456 e. The molecule has 2 atom stereocenters. The van der Waals surface area contributed by atoms with Crippen molar-refractivity contribution < 1.29 is 4.42 Å². The average Bonchev–Trinajstić information content (AvgIpc) is 3.24. The molecule has 154 valence electrons. The van der Waals surface area contributed by atoms with E-state index < -0.39 is 0 Å². The van der Waals surface area contributed by atoms with Gasteiger partial charge in [-0.1, -0.05) is 66.8 Å². The maximum Gasteiger partial charge on any atom is 0.136 e. The Morgan fingerprint density at radius 3 is 2.73 bits per heavy atom. The van der Waals surface area contributed by atoms with Gasteiger partial charge >= 0.3 is 0 Å². The van der Waals surface area contributed by atoms with E-state index in [1.807, 2.05) is 24.4 Å². The van der Waals surface area contributed by atoms with Gasteiger partial charge in [0.05, 0.1) is 0 Å². The van der Waals surface area contributed by atoms with Crippen molar-refractivity contribution in [2.45, 2.75) is 6.04 Å². The maximum atomic E-state index is 6.19. The molecule has 1 aliphatic heterocycles. The number of fused-ring (bicyclic) bond motifs is 5. The summed E-state index contributed by atoms with van der Waals surface area (Å²) < 4.78 is 6.19. The lowest BCUT2D eigenvalue weighted by Gasteiger charge is -2.39. The summed E-state index contributed by atoms with van der Waals surface area (Å²) in [7, 11) is 0. The van der Waals surface area contributed by atoms with Crippen molar-refractivity contribution in [1.29, 1.82) is 0 Å². The topological polar surface area (TPSA) is 25.5 Å². The van der Waals surface area contributed by atoms with Gasteiger partial charge in [0.1, 0.15) is 17.2 Å². The first-order chi connectivity index (χ1) is 16.3. The van der Waals surface area contributed by atoms with Gasteiger partial charge in [-0.05, 0) is 74.9 Å². The van der Waals surface area contributed by atoms with E-state index in [0.29, 0.717) is 0 Å². The van der Waals surface area contributed by atoms with E-state index in [1.54, 1.807) is 0 Å². The van der Waals surface area contributed by atoms with Gasteiger partial charge in [0.2, 0.25) is 0 Å². The zero-order chi connectivity index (χ0) is 21.5. The lowest BCUT2D eigenvalue weighted by molar-refractivity contribution is 0.669. The van der Waals surface area contributed by atoms with Crippen LogP contribution in [0.3, 0.4) is 0 Å². The normalized spacial score (nSPS) is 24.2. The summed E-state index contributed by atoms with van der Waals surface area (Å²) in [6, 6.07) is 15.0. The van der Waals surface area contributed by atoms with E-state index in [0.717, 1.165) is 11.2 Å². The second-order valence-corrected chi connectivity index (χ2v) is 9.14. The van der Waals surface area contributed by atoms with Gasteiger partial charge < -0.3 is 4.42 Å². The Balaban J connectivity index is 1.32. The number of hydrogen-bond acceptors (Lipinski definition) is 2. The molecule has 2 heterocycles. The fraction of sp³-hybridized carbons (Fsp3) is 0.0645. The molecular weight excluding hydrogens is 402 g/mol. The van der Waals surface area contributed by atoms with Crippen LogP contribution in [-0.2, 0) is 0 Å². The fourth-order valence-corrected chi connectivity index (χ4v) is 5.97. The molecule has 2 heteroatoms. The number of aliphatic imine (C=N–C) groups is 1. The molecule has 4 aliphatic carbocycles. The van der Waals surface area contributed by atoms with Crippen LogP contribution in [0.5, 0.6) is 0 Å². The quantitative estimate of drug-likeness (QED) is 0.408. The Bertz CT molecular complexity index is 1700. The van der Waals surface area contributed by atoms with Crippen LogP contribution in [0, 0.1) is 5.92 Å². The van der Waals surface area contributed by atoms with Gasteiger partial charge in [0.25, 0.3) is 0 Å². The molecule has 1 aromatic heterocycles. The highest BCUT2D eigenvalue weighted by molar-refractivity contribution is 6.06. The van der Waals surface area contributed by atoms with Crippen molar-refractivity contribution in [3.63, 3.8) is 0 Å². The molecule has 2 unspecified atom stereocenters. The lowest BCUT2D eigenvalue weighted by atomic mass is 9.65. The first kappa shape index (κ1) is 17.4. The number of benzene rings is 2. The van der Waals surface area contributed by atoms with Crippen LogP contribution >= 0.6 is 0 Å². The number of dihydropyridines is 1. The number of furan rings is 1. The third kappa shape index (κ3) is 2.30. The summed E-state index contributed by atoms with van der Waals surface area (Å²) in [6.07, 6.45) is 22.2. The predicted molar refractivity (Wildman–Crippen MR) is 135 cm³/mol. The molecule has 0 bridgehead atoms. The van der Waals surface area contributed by atoms with Crippen LogP contribution in [0.25, 0.3) is 27.5 Å². The number of para-hydroxylation sites is 1. The van der Waals surface area contributed by atoms with Gasteiger partial charge in [0.15, 0.2) is 0 Å². The Morgan fingerprint density at radius 1 is 0.788 bits per heavy atom. The monoisotopic (exact) mass is 421 g/mol. The maximum absolute atomic E-state index is 6.19. The first-order valence-corrected chi connectivity index (χ1v) is 11.4. The van der Waals surface area contributed by atoms with Crippen molar-refractivity contribution in [3.05, 3.63) is 136 Å². The van der Waals surface area contributed by atoms with Gasteiger partial charge in [0, 0.05) is 22.9 Å². The minimum absolute atomic E-state index is 0.112. The molecule has 0 fully saturated rings. The third-order valence-electron chi connectivity index (χ3n) is 7.44. The molecule has 2 aromatic carbocycles. The summed E-state index contributed by atoms with van der Waals surface area (Å²) in [5, 5.41) is 2.34.